The molecule has 4 aromatic heterocycles. The van der Waals surface area contributed by atoms with E-state index in [1.54, 1.807) is 0 Å². The van der Waals surface area contributed by atoms with Crippen LogP contribution in [0.25, 0.3) is 44.6 Å². The van der Waals surface area contributed by atoms with E-state index in [0.717, 1.165) is 83.5 Å². The first-order valence-corrected chi connectivity index (χ1v) is 12.4. The van der Waals surface area contributed by atoms with E-state index in [1.165, 1.54) is 0 Å². The van der Waals surface area contributed by atoms with Gasteiger partial charge in [-0.1, -0.05) is 24.3 Å². The summed E-state index contributed by atoms with van der Waals surface area (Å²) in [6.07, 6.45) is 10.6. The minimum absolute atomic E-state index is 0.288. The lowest BCUT2D eigenvalue weighted by Gasteiger charge is -2.18. The second-order valence-corrected chi connectivity index (χ2v) is 9.84. The summed E-state index contributed by atoms with van der Waals surface area (Å²) in [5, 5.41) is 1.10. The Bertz CT molecular complexity index is 1550. The number of likely N-dealkylation sites (tertiary alicyclic amines) is 1. The van der Waals surface area contributed by atoms with Crippen molar-refractivity contribution in [3.8, 4) is 22.5 Å². The van der Waals surface area contributed by atoms with Crippen molar-refractivity contribution in [2.45, 2.75) is 25.8 Å². The van der Waals surface area contributed by atoms with Crippen molar-refractivity contribution in [3.63, 3.8) is 0 Å². The van der Waals surface area contributed by atoms with Gasteiger partial charge >= 0.3 is 0 Å². The van der Waals surface area contributed by atoms with Crippen LogP contribution in [0.3, 0.4) is 0 Å². The van der Waals surface area contributed by atoms with Gasteiger partial charge < -0.3 is 14.5 Å². The van der Waals surface area contributed by atoms with E-state index >= 15 is 0 Å². The predicted molar refractivity (Wildman–Crippen MR) is 135 cm³/mol. The van der Waals surface area contributed by atoms with Crippen molar-refractivity contribution in [1.29, 1.82) is 0 Å². The Morgan fingerprint density at radius 3 is 2.71 bits per heavy atom. The Morgan fingerprint density at radius 1 is 1.00 bits per heavy atom. The average Bonchev–Trinajstić information content (AvgIpc) is 3.30. The monoisotopic (exact) mass is 462 g/mol. The predicted octanol–water partition coefficient (Wildman–Crippen LogP) is 4.90. The Morgan fingerprint density at radius 2 is 1.86 bits per heavy atom. The number of hydrogen-bond acceptors (Lipinski definition) is 4. The van der Waals surface area contributed by atoms with Gasteiger partial charge in [0.1, 0.15) is 17.0 Å². The van der Waals surface area contributed by atoms with Crippen LogP contribution >= 0.6 is 0 Å². The van der Waals surface area contributed by atoms with Gasteiger partial charge in [-0.25, -0.2) is 9.97 Å². The highest BCUT2D eigenvalue weighted by Gasteiger charge is 2.36. The number of nitrogens with zero attached hydrogens (tertiary/aromatic N) is 5. The van der Waals surface area contributed by atoms with Crippen LogP contribution in [0.15, 0.2) is 67.3 Å². The number of fused-ring (bicyclic) bond motifs is 2. The van der Waals surface area contributed by atoms with E-state index in [1.807, 2.05) is 36.9 Å². The summed E-state index contributed by atoms with van der Waals surface area (Å²) in [5.74, 6) is 2.03. The molecule has 35 heavy (non-hydrogen) atoms. The smallest absolute Gasteiger partial charge is 0.225 e. The van der Waals surface area contributed by atoms with Gasteiger partial charge in [-0.05, 0) is 48.9 Å². The number of hydrogen-bond donors (Lipinski definition) is 1. The largest absolute Gasteiger partial charge is 0.346 e. The van der Waals surface area contributed by atoms with Crippen LogP contribution in [0, 0.1) is 11.8 Å². The summed E-state index contributed by atoms with van der Waals surface area (Å²) in [4.78, 5) is 31.5. The topological polar surface area (TPSA) is 79.7 Å². The number of rotatable bonds is 5. The maximum atomic E-state index is 12.6. The number of imidazole rings is 1. The van der Waals surface area contributed by atoms with Gasteiger partial charge in [-0.3, -0.25) is 9.78 Å². The molecule has 7 nitrogen and oxygen atoms in total. The van der Waals surface area contributed by atoms with E-state index in [4.69, 9.17) is 4.98 Å². The second-order valence-electron chi connectivity index (χ2n) is 9.84. The minimum Gasteiger partial charge on any atom is -0.346 e. The number of aromatic amines is 1. The van der Waals surface area contributed by atoms with Crippen molar-refractivity contribution in [2.75, 3.05) is 13.1 Å². The molecule has 1 saturated heterocycles. The van der Waals surface area contributed by atoms with Crippen molar-refractivity contribution in [1.82, 2.24) is 29.4 Å². The van der Waals surface area contributed by atoms with Gasteiger partial charge in [0.25, 0.3) is 0 Å². The lowest BCUT2D eigenvalue weighted by molar-refractivity contribution is -0.131. The third-order valence-corrected chi connectivity index (χ3v) is 7.39. The number of pyridine rings is 2. The highest BCUT2D eigenvalue weighted by atomic mass is 16.2. The molecule has 2 aliphatic rings. The zero-order valence-electron chi connectivity index (χ0n) is 19.4. The molecule has 1 atom stereocenters. The van der Waals surface area contributed by atoms with Crippen molar-refractivity contribution in [3.05, 3.63) is 67.3 Å². The first-order valence-electron chi connectivity index (χ1n) is 12.4. The van der Waals surface area contributed by atoms with E-state index < -0.39 is 0 Å². The van der Waals surface area contributed by atoms with E-state index in [-0.39, 0.29) is 5.92 Å². The van der Waals surface area contributed by atoms with E-state index in [9.17, 15) is 4.79 Å². The lowest BCUT2D eigenvalue weighted by atomic mass is 10.0. The number of H-pyrrole nitrogens is 1. The molecule has 0 radical (unpaired) electrons. The van der Waals surface area contributed by atoms with Gasteiger partial charge in [-0.2, -0.15) is 0 Å². The van der Waals surface area contributed by atoms with Crippen LogP contribution in [0.4, 0.5) is 0 Å². The minimum atomic E-state index is 0.288. The summed E-state index contributed by atoms with van der Waals surface area (Å²) in [6, 6.07) is 14.8. The Kier molecular flexibility index (Phi) is 4.68. The Balaban J connectivity index is 1.19. The fourth-order valence-electron chi connectivity index (χ4n) is 5.32. The number of amides is 1. The van der Waals surface area contributed by atoms with E-state index in [2.05, 4.69) is 54.8 Å². The molecule has 1 aliphatic carbocycles. The zero-order chi connectivity index (χ0) is 23.4. The summed E-state index contributed by atoms with van der Waals surface area (Å²) in [7, 11) is 0. The van der Waals surface area contributed by atoms with Crippen LogP contribution in [0.5, 0.6) is 0 Å². The van der Waals surface area contributed by atoms with Gasteiger partial charge in [-0.15, -0.1) is 0 Å². The van der Waals surface area contributed by atoms with E-state index in [0.29, 0.717) is 11.8 Å². The number of carbonyl (C=O) groups excluding carboxylic acids is 1. The SMILES string of the molecule is O=C(C1CC1)N1CC[C@H](Cn2c(-c3ccc(-c4cnc5[nH]ccc5c4)cc3)nc3cnccc32)C1. The third-order valence-electron chi connectivity index (χ3n) is 7.39. The number of aromatic nitrogens is 5. The summed E-state index contributed by atoms with van der Waals surface area (Å²) in [6.45, 7) is 2.56. The molecule has 7 rings (SSSR count). The first kappa shape index (κ1) is 20.4. The van der Waals surface area contributed by atoms with Crippen molar-refractivity contribution < 1.29 is 4.79 Å². The van der Waals surface area contributed by atoms with Crippen LogP contribution < -0.4 is 0 Å². The molecule has 1 aliphatic heterocycles. The van der Waals surface area contributed by atoms with Crippen LogP contribution in [0.2, 0.25) is 0 Å². The first-order chi connectivity index (χ1) is 17.2. The van der Waals surface area contributed by atoms with Gasteiger partial charge in [0.05, 0.1) is 11.7 Å². The van der Waals surface area contributed by atoms with Crippen LogP contribution in [-0.2, 0) is 11.3 Å². The number of benzene rings is 1. The molecule has 1 saturated carbocycles. The van der Waals surface area contributed by atoms with Crippen molar-refractivity contribution in [2.24, 2.45) is 11.8 Å². The highest BCUT2D eigenvalue weighted by Crippen LogP contribution is 2.34. The molecule has 7 heteroatoms. The molecular formula is C28H26N6O. The quantitative estimate of drug-likeness (QED) is 0.403. The molecule has 0 bridgehead atoms. The summed E-state index contributed by atoms with van der Waals surface area (Å²) >= 11 is 0. The zero-order valence-corrected chi connectivity index (χ0v) is 19.4. The third kappa shape index (κ3) is 3.67. The number of carbonyl (C=O) groups is 1. The van der Waals surface area contributed by atoms with Crippen molar-refractivity contribution >= 4 is 28.0 Å². The molecular weight excluding hydrogens is 436 g/mol. The molecule has 5 aromatic rings. The molecule has 0 spiro atoms. The van der Waals surface area contributed by atoms with Crippen LogP contribution in [0.1, 0.15) is 19.3 Å². The average molecular weight is 463 g/mol. The molecule has 1 amide bonds. The van der Waals surface area contributed by atoms with Gasteiger partial charge in [0.15, 0.2) is 0 Å². The normalized spacial score (nSPS) is 18.1. The Hall–Kier alpha value is -4.00. The molecule has 0 unspecified atom stereocenters. The summed E-state index contributed by atoms with van der Waals surface area (Å²) in [5.41, 5.74) is 6.18. The van der Waals surface area contributed by atoms with Crippen LogP contribution in [-0.4, -0.2) is 48.4 Å². The molecule has 174 valence electrons. The van der Waals surface area contributed by atoms with Gasteiger partial charge in [0.2, 0.25) is 5.91 Å². The molecule has 2 fully saturated rings. The molecule has 1 aromatic carbocycles. The lowest BCUT2D eigenvalue weighted by Crippen LogP contribution is -2.30. The Labute approximate surface area is 202 Å². The fourth-order valence-corrected chi connectivity index (χ4v) is 5.32. The maximum Gasteiger partial charge on any atom is 0.225 e. The fraction of sp³-hybridized carbons (Fsp3) is 0.286. The number of nitrogens with one attached hydrogen (secondary N) is 1. The highest BCUT2D eigenvalue weighted by molar-refractivity contribution is 5.83. The molecule has 1 N–H and O–H groups in total. The standard InChI is InChI=1S/C28H26N6O/c35-28(21-5-6-21)33-12-9-18(16-33)17-34-25-8-10-29-15-24(25)32-27(34)20-3-1-19(2-4-20)23-13-22-7-11-30-26(22)31-14-23/h1-4,7-8,10-11,13-15,18,21H,5-6,9,12,16-17H2,(H,30,31)/t18-/m0/s1. The summed E-state index contributed by atoms with van der Waals surface area (Å²) < 4.78 is 2.31. The maximum absolute atomic E-state index is 12.6. The second kappa shape index (κ2) is 8.05. The van der Waals surface area contributed by atoms with Gasteiger partial charge in [0, 0.05) is 60.7 Å². The molecule has 5 heterocycles.